The number of likely N-dealkylation sites (tertiary alicyclic amines) is 1. The molecule has 4 heteroatoms. The van der Waals surface area contributed by atoms with Gasteiger partial charge in [0.2, 0.25) is 0 Å². The first-order valence-corrected chi connectivity index (χ1v) is 8.35. The summed E-state index contributed by atoms with van der Waals surface area (Å²) >= 11 is 12.5. The molecule has 110 valence electrons. The molecule has 1 atom stereocenters. The van der Waals surface area contributed by atoms with E-state index >= 15 is 0 Å². The summed E-state index contributed by atoms with van der Waals surface area (Å²) in [5.74, 6) is 0. The van der Waals surface area contributed by atoms with Gasteiger partial charge >= 0.3 is 0 Å². The Hall–Kier alpha value is -0.280. The summed E-state index contributed by atoms with van der Waals surface area (Å²) < 4.78 is 0. The molecule has 1 aliphatic heterocycles. The van der Waals surface area contributed by atoms with Crippen molar-refractivity contribution in [2.75, 3.05) is 13.1 Å². The standard InChI is InChI=1S/C16H22Cl2N2/c17-12-5-6-14(18)13(11-12)15(19)16(7-1-2-8-16)20-9-3-4-10-20/h5-6,11,15H,1-4,7-10,19H2. The summed E-state index contributed by atoms with van der Waals surface area (Å²) in [6.07, 6.45) is 7.47. The number of nitrogens with zero attached hydrogens (tertiary/aromatic N) is 1. The number of hydrogen-bond donors (Lipinski definition) is 1. The predicted octanol–water partition coefficient (Wildman–Crippen LogP) is 4.40. The van der Waals surface area contributed by atoms with E-state index in [1.807, 2.05) is 18.2 Å². The fourth-order valence-electron chi connectivity index (χ4n) is 4.02. The Kier molecular flexibility index (Phi) is 4.28. The second-order valence-electron chi connectivity index (χ2n) is 6.15. The van der Waals surface area contributed by atoms with Crippen molar-refractivity contribution >= 4 is 23.2 Å². The zero-order valence-corrected chi connectivity index (χ0v) is 13.3. The lowest BCUT2D eigenvalue weighted by Crippen LogP contribution is -2.52. The van der Waals surface area contributed by atoms with Crippen LogP contribution in [0.5, 0.6) is 0 Å². The zero-order chi connectivity index (χ0) is 14.2. The Labute approximate surface area is 131 Å². The van der Waals surface area contributed by atoms with E-state index in [1.165, 1.54) is 51.6 Å². The van der Waals surface area contributed by atoms with Gasteiger partial charge < -0.3 is 5.73 Å². The molecule has 1 aromatic carbocycles. The smallest absolute Gasteiger partial charge is 0.0497 e. The molecule has 1 aliphatic carbocycles. The Balaban J connectivity index is 1.96. The normalized spacial score (nSPS) is 24.1. The Bertz CT molecular complexity index is 477. The van der Waals surface area contributed by atoms with Crippen LogP contribution in [0.1, 0.15) is 50.1 Å². The van der Waals surface area contributed by atoms with Gasteiger partial charge in [0.1, 0.15) is 0 Å². The van der Waals surface area contributed by atoms with Gasteiger partial charge in [0, 0.05) is 21.6 Å². The number of nitrogens with two attached hydrogens (primary N) is 1. The van der Waals surface area contributed by atoms with E-state index in [2.05, 4.69) is 4.90 Å². The topological polar surface area (TPSA) is 29.3 Å². The Morgan fingerprint density at radius 2 is 1.70 bits per heavy atom. The molecule has 1 aromatic rings. The van der Waals surface area contributed by atoms with Gasteiger partial charge in [0.15, 0.2) is 0 Å². The van der Waals surface area contributed by atoms with Crippen molar-refractivity contribution in [2.24, 2.45) is 5.73 Å². The Morgan fingerprint density at radius 1 is 1.05 bits per heavy atom. The molecule has 0 aromatic heterocycles. The van der Waals surface area contributed by atoms with Crippen LogP contribution in [0.4, 0.5) is 0 Å². The van der Waals surface area contributed by atoms with E-state index in [4.69, 9.17) is 28.9 Å². The van der Waals surface area contributed by atoms with Crippen molar-refractivity contribution in [3.05, 3.63) is 33.8 Å². The van der Waals surface area contributed by atoms with Gasteiger partial charge in [-0.05, 0) is 62.5 Å². The predicted molar refractivity (Wildman–Crippen MR) is 85.4 cm³/mol. The summed E-state index contributed by atoms with van der Waals surface area (Å²) in [5.41, 5.74) is 7.80. The molecule has 0 spiro atoms. The van der Waals surface area contributed by atoms with Crippen molar-refractivity contribution < 1.29 is 0 Å². The molecule has 1 unspecified atom stereocenters. The zero-order valence-electron chi connectivity index (χ0n) is 11.7. The maximum atomic E-state index is 6.70. The minimum absolute atomic E-state index is 0.0469. The maximum Gasteiger partial charge on any atom is 0.0497 e. The van der Waals surface area contributed by atoms with Crippen molar-refractivity contribution in [1.82, 2.24) is 4.90 Å². The fraction of sp³-hybridized carbons (Fsp3) is 0.625. The van der Waals surface area contributed by atoms with E-state index < -0.39 is 0 Å². The summed E-state index contributed by atoms with van der Waals surface area (Å²) in [4.78, 5) is 2.61. The first-order chi connectivity index (χ1) is 9.63. The third kappa shape index (κ3) is 2.48. The van der Waals surface area contributed by atoms with Crippen LogP contribution in [0, 0.1) is 0 Å². The first-order valence-electron chi connectivity index (χ1n) is 7.59. The number of rotatable bonds is 3. The number of hydrogen-bond acceptors (Lipinski definition) is 2. The molecule has 0 bridgehead atoms. The molecule has 2 N–H and O–H groups in total. The van der Waals surface area contributed by atoms with Gasteiger partial charge in [-0.2, -0.15) is 0 Å². The van der Waals surface area contributed by atoms with Gasteiger partial charge in [0.25, 0.3) is 0 Å². The van der Waals surface area contributed by atoms with Gasteiger partial charge in [-0.15, -0.1) is 0 Å². The van der Waals surface area contributed by atoms with Crippen LogP contribution in [0.3, 0.4) is 0 Å². The van der Waals surface area contributed by atoms with Gasteiger partial charge in [0.05, 0.1) is 0 Å². The SMILES string of the molecule is NC(c1cc(Cl)ccc1Cl)C1(N2CCCC2)CCCC1. The minimum Gasteiger partial charge on any atom is -0.322 e. The van der Waals surface area contributed by atoms with Crippen LogP contribution < -0.4 is 5.73 Å². The summed E-state index contributed by atoms with van der Waals surface area (Å²) in [5, 5.41) is 1.46. The van der Waals surface area contributed by atoms with E-state index in [-0.39, 0.29) is 11.6 Å². The molecule has 2 nitrogen and oxygen atoms in total. The second kappa shape index (κ2) is 5.84. The molecule has 3 rings (SSSR count). The highest BCUT2D eigenvalue weighted by Gasteiger charge is 2.46. The highest BCUT2D eigenvalue weighted by molar-refractivity contribution is 6.33. The lowest BCUT2D eigenvalue weighted by atomic mass is 9.82. The fourth-order valence-corrected chi connectivity index (χ4v) is 4.43. The molecule has 20 heavy (non-hydrogen) atoms. The van der Waals surface area contributed by atoms with Crippen LogP contribution in [-0.4, -0.2) is 23.5 Å². The molecule has 0 radical (unpaired) electrons. The van der Waals surface area contributed by atoms with E-state index in [0.29, 0.717) is 0 Å². The third-order valence-electron chi connectivity index (χ3n) is 5.08. The lowest BCUT2D eigenvalue weighted by molar-refractivity contribution is 0.0922. The maximum absolute atomic E-state index is 6.70. The average molecular weight is 313 g/mol. The molecule has 0 amide bonds. The largest absolute Gasteiger partial charge is 0.322 e. The molecular formula is C16H22Cl2N2. The summed E-state index contributed by atoms with van der Waals surface area (Å²) in [6, 6.07) is 5.60. The molecule has 1 heterocycles. The van der Waals surface area contributed by atoms with Crippen LogP contribution >= 0.6 is 23.2 Å². The monoisotopic (exact) mass is 312 g/mol. The molecular weight excluding hydrogens is 291 g/mol. The molecule has 1 saturated carbocycles. The number of halogens is 2. The molecule has 2 fully saturated rings. The van der Waals surface area contributed by atoms with Crippen molar-refractivity contribution in [3.8, 4) is 0 Å². The molecule has 2 aliphatic rings. The Morgan fingerprint density at radius 3 is 2.35 bits per heavy atom. The summed E-state index contributed by atoms with van der Waals surface area (Å²) in [6.45, 7) is 2.35. The van der Waals surface area contributed by atoms with Crippen LogP contribution in [0.15, 0.2) is 18.2 Å². The average Bonchev–Trinajstić information content (AvgIpc) is 3.11. The van der Waals surface area contributed by atoms with Gasteiger partial charge in [-0.1, -0.05) is 36.0 Å². The lowest BCUT2D eigenvalue weighted by Gasteiger charge is -2.44. The van der Waals surface area contributed by atoms with Crippen molar-refractivity contribution in [3.63, 3.8) is 0 Å². The minimum atomic E-state index is -0.0469. The number of benzene rings is 1. The first kappa shape index (κ1) is 14.6. The van der Waals surface area contributed by atoms with E-state index in [9.17, 15) is 0 Å². The van der Waals surface area contributed by atoms with Crippen molar-refractivity contribution in [1.29, 1.82) is 0 Å². The molecule has 1 saturated heterocycles. The van der Waals surface area contributed by atoms with Gasteiger partial charge in [-0.3, -0.25) is 4.90 Å². The highest BCUT2D eigenvalue weighted by Crippen LogP contribution is 2.46. The van der Waals surface area contributed by atoms with E-state index in [0.717, 1.165) is 15.6 Å². The van der Waals surface area contributed by atoms with Crippen LogP contribution in [0.2, 0.25) is 10.0 Å². The summed E-state index contributed by atoms with van der Waals surface area (Å²) in [7, 11) is 0. The van der Waals surface area contributed by atoms with Gasteiger partial charge in [-0.25, -0.2) is 0 Å². The third-order valence-corrected chi connectivity index (χ3v) is 5.66. The van der Waals surface area contributed by atoms with Crippen LogP contribution in [0.25, 0.3) is 0 Å². The quantitative estimate of drug-likeness (QED) is 0.896. The van der Waals surface area contributed by atoms with Crippen LogP contribution in [-0.2, 0) is 0 Å². The van der Waals surface area contributed by atoms with Crippen molar-refractivity contribution in [2.45, 2.75) is 50.1 Å². The van der Waals surface area contributed by atoms with E-state index in [1.54, 1.807) is 0 Å². The highest BCUT2D eigenvalue weighted by atomic mass is 35.5. The second-order valence-corrected chi connectivity index (χ2v) is 6.99.